The number of benzene rings is 1. The van der Waals surface area contributed by atoms with Crippen LogP contribution in [-0.2, 0) is 0 Å². The molecule has 0 bridgehead atoms. The van der Waals surface area contributed by atoms with Crippen LogP contribution in [0.15, 0.2) is 41.0 Å². The van der Waals surface area contributed by atoms with Crippen LogP contribution in [-0.4, -0.2) is 17.9 Å². The van der Waals surface area contributed by atoms with E-state index in [2.05, 4.69) is 24.4 Å². The number of hydrogen-bond acceptors (Lipinski definition) is 3. The van der Waals surface area contributed by atoms with Crippen LogP contribution in [0.3, 0.4) is 0 Å². The summed E-state index contributed by atoms with van der Waals surface area (Å²) in [5, 5.41) is 3.64. The van der Waals surface area contributed by atoms with Crippen LogP contribution in [0.5, 0.6) is 0 Å². The molecule has 2 aliphatic rings. The van der Waals surface area contributed by atoms with Crippen molar-refractivity contribution in [3.05, 3.63) is 41.6 Å². The van der Waals surface area contributed by atoms with E-state index in [1.54, 1.807) is 0 Å². The molecular weight excluding hydrogens is 234 g/mol. The maximum atomic E-state index is 6.26. The van der Waals surface area contributed by atoms with Crippen LogP contribution in [0.25, 0.3) is 5.57 Å². The first-order chi connectivity index (χ1) is 9.25. The third-order valence-corrected chi connectivity index (χ3v) is 4.13. The van der Waals surface area contributed by atoms with E-state index in [1.165, 1.54) is 19.3 Å². The number of allylic oxidation sites excluding steroid dienone is 1. The van der Waals surface area contributed by atoms with Gasteiger partial charge in [-0.2, -0.15) is 0 Å². The molecule has 1 aliphatic carbocycles. The molecule has 0 aromatic heterocycles. The number of aliphatic imine (C=N–C) groups is 1. The minimum absolute atomic E-state index is 0.338. The van der Waals surface area contributed by atoms with Crippen molar-refractivity contribution >= 4 is 11.4 Å². The summed E-state index contributed by atoms with van der Waals surface area (Å²) in [4.78, 5) is 4.78. The lowest BCUT2D eigenvalue weighted by molar-refractivity contribution is 0.351. The van der Waals surface area contributed by atoms with Crippen molar-refractivity contribution in [1.82, 2.24) is 5.32 Å². The van der Waals surface area contributed by atoms with Crippen molar-refractivity contribution in [2.24, 2.45) is 10.7 Å². The lowest BCUT2D eigenvalue weighted by Gasteiger charge is -2.29. The Hall–Kier alpha value is -1.77. The van der Waals surface area contributed by atoms with Gasteiger partial charge in [-0.3, -0.25) is 4.99 Å². The van der Waals surface area contributed by atoms with Crippen LogP contribution >= 0.6 is 0 Å². The molecule has 0 spiro atoms. The maximum absolute atomic E-state index is 6.26. The molecule has 3 heteroatoms. The molecule has 3 N–H and O–H groups in total. The summed E-state index contributed by atoms with van der Waals surface area (Å²) in [6.07, 6.45) is 4.89. The van der Waals surface area contributed by atoms with Crippen molar-refractivity contribution in [3.63, 3.8) is 0 Å². The number of amidine groups is 1. The highest BCUT2D eigenvalue weighted by Gasteiger charge is 2.28. The Balaban J connectivity index is 2.01. The Bertz CT molecular complexity index is 516. The maximum Gasteiger partial charge on any atom is 0.128 e. The van der Waals surface area contributed by atoms with Gasteiger partial charge in [-0.05, 0) is 25.3 Å². The van der Waals surface area contributed by atoms with Gasteiger partial charge in [-0.1, -0.05) is 43.2 Å². The van der Waals surface area contributed by atoms with Gasteiger partial charge < -0.3 is 11.1 Å². The molecule has 0 radical (unpaired) electrons. The topological polar surface area (TPSA) is 50.4 Å². The zero-order valence-electron chi connectivity index (χ0n) is 11.4. The Kier molecular flexibility index (Phi) is 3.28. The monoisotopic (exact) mass is 255 g/mol. The van der Waals surface area contributed by atoms with Gasteiger partial charge in [0, 0.05) is 17.3 Å². The first-order valence-electron chi connectivity index (χ1n) is 7.12. The smallest absolute Gasteiger partial charge is 0.128 e. The van der Waals surface area contributed by atoms with Crippen LogP contribution in [0.4, 0.5) is 0 Å². The molecule has 19 heavy (non-hydrogen) atoms. The first-order valence-corrected chi connectivity index (χ1v) is 7.12. The summed E-state index contributed by atoms with van der Waals surface area (Å²) in [6, 6.07) is 11.1. The fraction of sp³-hybridized carbons (Fsp3) is 0.438. The standard InChI is InChI=1S/C16H21N3/c1-11-15(12-7-3-2-4-8-12)16(17)19-14-10-6-5-9-13(14)18-11/h2-4,7-8,13-14,18H,5-6,9-10H2,1H3,(H2,17,19)/t13-,14+/m1/s1. The molecule has 1 heterocycles. The predicted octanol–water partition coefficient (Wildman–Crippen LogP) is 2.69. The molecule has 1 aliphatic heterocycles. The van der Waals surface area contributed by atoms with Crippen molar-refractivity contribution in [3.8, 4) is 0 Å². The molecule has 1 aromatic carbocycles. The molecule has 1 saturated carbocycles. The fourth-order valence-corrected chi connectivity index (χ4v) is 3.19. The number of nitrogens with zero attached hydrogens (tertiary/aromatic N) is 1. The third-order valence-electron chi connectivity index (χ3n) is 4.13. The molecule has 0 saturated heterocycles. The first kappa shape index (κ1) is 12.3. The van der Waals surface area contributed by atoms with Gasteiger partial charge >= 0.3 is 0 Å². The van der Waals surface area contributed by atoms with Crippen molar-refractivity contribution in [1.29, 1.82) is 0 Å². The largest absolute Gasteiger partial charge is 0.383 e. The van der Waals surface area contributed by atoms with E-state index in [0.717, 1.165) is 23.3 Å². The van der Waals surface area contributed by atoms with E-state index < -0.39 is 0 Å². The molecule has 1 fully saturated rings. The number of hydrogen-bond donors (Lipinski definition) is 2. The van der Waals surface area contributed by atoms with Gasteiger partial charge in [0.15, 0.2) is 0 Å². The molecule has 3 nitrogen and oxygen atoms in total. The average molecular weight is 255 g/mol. The molecule has 2 atom stereocenters. The molecule has 3 rings (SSSR count). The van der Waals surface area contributed by atoms with Gasteiger partial charge in [0.2, 0.25) is 0 Å². The number of fused-ring (bicyclic) bond motifs is 1. The molecule has 0 unspecified atom stereocenters. The summed E-state index contributed by atoms with van der Waals surface area (Å²) in [6.45, 7) is 2.11. The molecular formula is C16H21N3. The highest BCUT2D eigenvalue weighted by Crippen LogP contribution is 2.28. The van der Waals surface area contributed by atoms with E-state index in [9.17, 15) is 0 Å². The van der Waals surface area contributed by atoms with Crippen molar-refractivity contribution < 1.29 is 0 Å². The second-order valence-corrected chi connectivity index (χ2v) is 5.48. The lowest BCUT2D eigenvalue weighted by atomic mass is 9.91. The second-order valence-electron chi connectivity index (χ2n) is 5.48. The quantitative estimate of drug-likeness (QED) is 0.810. The number of nitrogens with two attached hydrogens (primary N) is 1. The van der Waals surface area contributed by atoms with Gasteiger partial charge in [-0.25, -0.2) is 0 Å². The Labute approximate surface area is 114 Å². The highest BCUT2D eigenvalue weighted by molar-refractivity contribution is 6.22. The Morgan fingerprint density at radius 1 is 1.16 bits per heavy atom. The number of nitrogens with one attached hydrogen (secondary N) is 1. The zero-order valence-corrected chi connectivity index (χ0v) is 11.4. The third kappa shape index (κ3) is 2.37. The van der Waals surface area contributed by atoms with Gasteiger partial charge in [0.1, 0.15) is 5.84 Å². The zero-order chi connectivity index (χ0) is 13.2. The van der Waals surface area contributed by atoms with Gasteiger partial charge in [0.25, 0.3) is 0 Å². The van der Waals surface area contributed by atoms with E-state index in [0.29, 0.717) is 17.9 Å². The summed E-state index contributed by atoms with van der Waals surface area (Å²) in [7, 11) is 0. The van der Waals surface area contributed by atoms with E-state index in [1.807, 2.05) is 18.2 Å². The van der Waals surface area contributed by atoms with Crippen molar-refractivity contribution in [2.45, 2.75) is 44.7 Å². The molecule has 100 valence electrons. The van der Waals surface area contributed by atoms with Crippen LogP contribution in [0, 0.1) is 0 Å². The predicted molar refractivity (Wildman–Crippen MR) is 79.8 cm³/mol. The minimum Gasteiger partial charge on any atom is -0.383 e. The second kappa shape index (κ2) is 5.08. The highest BCUT2D eigenvalue weighted by atomic mass is 15.0. The van der Waals surface area contributed by atoms with Gasteiger partial charge in [-0.15, -0.1) is 0 Å². The van der Waals surface area contributed by atoms with Gasteiger partial charge in [0.05, 0.1) is 6.04 Å². The number of rotatable bonds is 1. The summed E-state index contributed by atoms with van der Waals surface area (Å²) in [5.74, 6) is 0.686. The SMILES string of the molecule is CC1=C(c2ccccc2)C(N)=N[C@H]2CCCC[C@H]2N1. The Morgan fingerprint density at radius 3 is 2.68 bits per heavy atom. The van der Waals surface area contributed by atoms with E-state index >= 15 is 0 Å². The summed E-state index contributed by atoms with van der Waals surface area (Å²) in [5.41, 5.74) is 9.63. The molecule has 0 amide bonds. The van der Waals surface area contributed by atoms with Crippen molar-refractivity contribution in [2.75, 3.05) is 0 Å². The van der Waals surface area contributed by atoms with Crippen LogP contribution in [0.1, 0.15) is 38.2 Å². The Morgan fingerprint density at radius 2 is 1.89 bits per heavy atom. The average Bonchev–Trinajstić information content (AvgIpc) is 2.54. The lowest BCUT2D eigenvalue weighted by Crippen LogP contribution is -2.39. The minimum atomic E-state index is 0.338. The fourth-order valence-electron chi connectivity index (χ4n) is 3.19. The van der Waals surface area contributed by atoms with E-state index in [4.69, 9.17) is 10.7 Å². The normalized spacial score (nSPS) is 27.1. The summed E-state index contributed by atoms with van der Waals surface area (Å²) >= 11 is 0. The van der Waals surface area contributed by atoms with Crippen LogP contribution < -0.4 is 11.1 Å². The van der Waals surface area contributed by atoms with Crippen LogP contribution in [0.2, 0.25) is 0 Å². The molecule has 1 aromatic rings. The summed E-state index contributed by atoms with van der Waals surface area (Å²) < 4.78 is 0. The van der Waals surface area contributed by atoms with E-state index in [-0.39, 0.29) is 0 Å².